The van der Waals surface area contributed by atoms with Crippen molar-refractivity contribution in [1.82, 2.24) is 10.9 Å². The number of aromatic hydroxyl groups is 2. The highest BCUT2D eigenvalue weighted by Gasteiger charge is 2.04. The first-order valence-electron chi connectivity index (χ1n) is 8.96. The lowest BCUT2D eigenvalue weighted by molar-refractivity contribution is -0.123. The highest BCUT2D eigenvalue weighted by molar-refractivity contribution is 9.10. The van der Waals surface area contributed by atoms with E-state index in [4.69, 9.17) is 0 Å². The van der Waals surface area contributed by atoms with Crippen LogP contribution in [0.1, 0.15) is 36.8 Å². The molecule has 0 aromatic heterocycles. The molecule has 0 saturated heterocycles. The van der Waals surface area contributed by atoms with Gasteiger partial charge in [0.1, 0.15) is 11.5 Å². The number of phenols is 2. The molecule has 0 bridgehead atoms. The third-order valence-corrected chi connectivity index (χ3v) is 4.81. The van der Waals surface area contributed by atoms with Crippen LogP contribution in [0.25, 0.3) is 0 Å². The molecule has 0 heterocycles. The van der Waals surface area contributed by atoms with Gasteiger partial charge in [0, 0.05) is 32.9 Å². The van der Waals surface area contributed by atoms with Crippen molar-refractivity contribution in [3.05, 3.63) is 56.5 Å². The molecule has 2 rings (SSSR count). The van der Waals surface area contributed by atoms with E-state index in [9.17, 15) is 19.8 Å². The summed E-state index contributed by atoms with van der Waals surface area (Å²) < 4.78 is 1.56. The number of rotatable bonds is 9. The van der Waals surface area contributed by atoms with E-state index in [1.165, 1.54) is 24.6 Å². The number of benzene rings is 2. The van der Waals surface area contributed by atoms with E-state index in [0.717, 1.165) is 8.95 Å². The summed E-state index contributed by atoms with van der Waals surface area (Å²) in [5.74, 6) is -0.464. The van der Waals surface area contributed by atoms with Gasteiger partial charge >= 0.3 is 0 Å². The van der Waals surface area contributed by atoms with E-state index in [0.29, 0.717) is 24.0 Å². The fourth-order valence-electron chi connectivity index (χ4n) is 2.29. The standard InChI is InChI=1S/C20H20Br2N4O4/c21-15-5-7-17(27)13(9-15)11-23-25-19(29)3-1-2-4-20(30)26-24-12-14-10-16(22)6-8-18(14)28/h5-12,27-28H,1-4H2,(H,25,29)(H,26,30)/b23-11+,24-12+. The summed E-state index contributed by atoms with van der Waals surface area (Å²) in [4.78, 5) is 23.5. The third-order valence-electron chi connectivity index (χ3n) is 3.82. The van der Waals surface area contributed by atoms with Crippen molar-refractivity contribution in [2.45, 2.75) is 25.7 Å². The lowest BCUT2D eigenvalue weighted by Gasteiger charge is -2.02. The zero-order valence-corrected chi connectivity index (χ0v) is 19.0. The maximum Gasteiger partial charge on any atom is 0.240 e. The average Bonchev–Trinajstić information content (AvgIpc) is 2.70. The molecule has 0 aliphatic rings. The normalized spacial score (nSPS) is 11.1. The predicted octanol–water partition coefficient (Wildman–Crippen LogP) is 3.78. The van der Waals surface area contributed by atoms with E-state index in [2.05, 4.69) is 52.9 Å². The smallest absolute Gasteiger partial charge is 0.240 e. The van der Waals surface area contributed by atoms with Crippen molar-refractivity contribution >= 4 is 56.1 Å². The van der Waals surface area contributed by atoms with Gasteiger partial charge in [-0.3, -0.25) is 9.59 Å². The van der Waals surface area contributed by atoms with Gasteiger partial charge in [-0.2, -0.15) is 10.2 Å². The van der Waals surface area contributed by atoms with Crippen molar-refractivity contribution in [1.29, 1.82) is 0 Å². The number of phenolic OH excluding ortho intramolecular Hbond substituents is 2. The Morgan fingerprint density at radius 3 is 1.60 bits per heavy atom. The maximum absolute atomic E-state index is 11.8. The number of nitrogens with one attached hydrogen (secondary N) is 2. The SMILES string of the molecule is O=C(CCCCC(=O)N/N=C/c1cc(Br)ccc1O)N/N=C/c1cc(Br)ccc1O. The first-order valence-corrected chi connectivity index (χ1v) is 10.5. The van der Waals surface area contributed by atoms with Gasteiger partial charge in [0.2, 0.25) is 11.8 Å². The number of carbonyl (C=O) groups excluding carboxylic acids is 2. The predicted molar refractivity (Wildman–Crippen MR) is 122 cm³/mol. The summed E-state index contributed by atoms with van der Waals surface area (Å²) in [5, 5.41) is 27.0. The molecule has 2 amide bonds. The van der Waals surface area contributed by atoms with Crippen LogP contribution in [-0.4, -0.2) is 34.5 Å². The van der Waals surface area contributed by atoms with Crippen molar-refractivity contribution in [2.24, 2.45) is 10.2 Å². The van der Waals surface area contributed by atoms with Crippen LogP contribution in [0.5, 0.6) is 11.5 Å². The fraction of sp³-hybridized carbons (Fsp3) is 0.200. The van der Waals surface area contributed by atoms with Crippen LogP contribution in [0.4, 0.5) is 0 Å². The van der Waals surface area contributed by atoms with E-state index in [1.807, 2.05) is 0 Å². The number of unbranched alkanes of at least 4 members (excludes halogenated alkanes) is 1. The molecule has 158 valence electrons. The lowest BCUT2D eigenvalue weighted by atomic mass is 10.2. The second-order valence-corrected chi connectivity index (χ2v) is 8.03. The van der Waals surface area contributed by atoms with Crippen LogP contribution in [0.3, 0.4) is 0 Å². The zero-order chi connectivity index (χ0) is 21.9. The van der Waals surface area contributed by atoms with Gasteiger partial charge in [0.15, 0.2) is 0 Å². The Hall–Kier alpha value is -2.72. The summed E-state index contributed by atoms with van der Waals surface area (Å²) in [7, 11) is 0. The Morgan fingerprint density at radius 1 is 0.800 bits per heavy atom. The van der Waals surface area contributed by atoms with Crippen LogP contribution in [0.2, 0.25) is 0 Å². The second kappa shape index (κ2) is 12.1. The maximum atomic E-state index is 11.8. The Labute approximate surface area is 190 Å². The molecule has 30 heavy (non-hydrogen) atoms. The second-order valence-electron chi connectivity index (χ2n) is 6.20. The Bertz CT molecular complexity index is 886. The van der Waals surface area contributed by atoms with Gasteiger partial charge in [0.25, 0.3) is 0 Å². The van der Waals surface area contributed by atoms with Gasteiger partial charge in [-0.15, -0.1) is 0 Å². The van der Waals surface area contributed by atoms with Crippen molar-refractivity contribution in [2.75, 3.05) is 0 Å². The van der Waals surface area contributed by atoms with Gasteiger partial charge < -0.3 is 10.2 Å². The van der Waals surface area contributed by atoms with Crippen molar-refractivity contribution < 1.29 is 19.8 Å². The molecule has 0 aliphatic heterocycles. The number of nitrogens with zero attached hydrogens (tertiary/aromatic N) is 2. The topological polar surface area (TPSA) is 123 Å². The zero-order valence-electron chi connectivity index (χ0n) is 15.8. The van der Waals surface area contributed by atoms with Gasteiger partial charge in [-0.25, -0.2) is 10.9 Å². The molecule has 10 heteroatoms. The van der Waals surface area contributed by atoms with Crippen LogP contribution in [-0.2, 0) is 9.59 Å². The van der Waals surface area contributed by atoms with Crippen molar-refractivity contribution in [3.63, 3.8) is 0 Å². The number of amides is 2. The first kappa shape index (κ1) is 23.6. The monoisotopic (exact) mass is 538 g/mol. The van der Waals surface area contributed by atoms with Gasteiger partial charge in [-0.1, -0.05) is 31.9 Å². The molecule has 2 aromatic carbocycles. The molecule has 0 atom stereocenters. The average molecular weight is 540 g/mol. The quantitative estimate of drug-likeness (QED) is 0.220. The molecule has 0 saturated carbocycles. The number of hydrogen-bond donors (Lipinski definition) is 4. The van der Waals surface area contributed by atoms with Gasteiger partial charge in [-0.05, 0) is 49.2 Å². The molecule has 2 aromatic rings. The van der Waals surface area contributed by atoms with E-state index in [1.54, 1.807) is 24.3 Å². The number of hydrogen-bond acceptors (Lipinski definition) is 6. The molecule has 0 radical (unpaired) electrons. The molecular weight excluding hydrogens is 520 g/mol. The van der Waals surface area contributed by atoms with Crippen LogP contribution in [0, 0.1) is 0 Å². The van der Waals surface area contributed by atoms with E-state index >= 15 is 0 Å². The van der Waals surface area contributed by atoms with Crippen LogP contribution < -0.4 is 10.9 Å². The molecule has 8 nitrogen and oxygen atoms in total. The summed E-state index contributed by atoms with van der Waals surface area (Å²) >= 11 is 6.58. The molecule has 0 fully saturated rings. The van der Waals surface area contributed by atoms with Crippen LogP contribution >= 0.6 is 31.9 Å². The largest absolute Gasteiger partial charge is 0.507 e. The minimum atomic E-state index is -0.288. The summed E-state index contributed by atoms with van der Waals surface area (Å²) in [5.41, 5.74) is 5.70. The molecule has 4 N–H and O–H groups in total. The minimum absolute atomic E-state index is 0.0555. The Morgan fingerprint density at radius 2 is 1.20 bits per heavy atom. The summed E-state index contributed by atoms with van der Waals surface area (Å²) in [6, 6.07) is 9.76. The van der Waals surface area contributed by atoms with E-state index < -0.39 is 0 Å². The highest BCUT2D eigenvalue weighted by Crippen LogP contribution is 2.20. The highest BCUT2D eigenvalue weighted by atomic mass is 79.9. The first-order chi connectivity index (χ1) is 14.3. The fourth-order valence-corrected chi connectivity index (χ4v) is 3.05. The Kier molecular flexibility index (Phi) is 9.49. The molecule has 0 unspecified atom stereocenters. The number of hydrazone groups is 2. The van der Waals surface area contributed by atoms with Crippen LogP contribution in [0.15, 0.2) is 55.5 Å². The lowest BCUT2D eigenvalue weighted by Crippen LogP contribution is -2.19. The summed E-state index contributed by atoms with van der Waals surface area (Å²) in [6.45, 7) is 0. The molecular formula is C20H20Br2N4O4. The van der Waals surface area contributed by atoms with Crippen molar-refractivity contribution in [3.8, 4) is 11.5 Å². The minimum Gasteiger partial charge on any atom is -0.507 e. The third kappa shape index (κ3) is 8.34. The van der Waals surface area contributed by atoms with E-state index in [-0.39, 0.29) is 36.2 Å². The summed E-state index contributed by atoms with van der Waals surface area (Å²) in [6.07, 6.45) is 4.15. The molecule has 0 spiro atoms. The number of carbonyl (C=O) groups is 2. The van der Waals surface area contributed by atoms with Gasteiger partial charge in [0.05, 0.1) is 12.4 Å². The molecule has 0 aliphatic carbocycles. The number of halogens is 2. The Balaban J connectivity index is 1.64.